The first-order valence-corrected chi connectivity index (χ1v) is 8.77. The Kier molecular flexibility index (Phi) is 3.66. The van der Waals surface area contributed by atoms with Crippen molar-refractivity contribution in [2.24, 2.45) is 17.8 Å². The van der Waals surface area contributed by atoms with Crippen molar-refractivity contribution < 1.29 is 9.32 Å². The van der Waals surface area contributed by atoms with Crippen LogP contribution in [-0.2, 0) is 4.79 Å². The second-order valence-corrected chi connectivity index (χ2v) is 7.50. The summed E-state index contributed by atoms with van der Waals surface area (Å²) in [5.74, 6) is 4.34. The first kappa shape index (κ1) is 14.2. The number of rotatable bonds is 3. The van der Waals surface area contributed by atoms with Crippen LogP contribution in [0, 0.1) is 24.7 Å². The van der Waals surface area contributed by atoms with Gasteiger partial charge in [-0.25, -0.2) is 0 Å². The number of piperidine rings is 1. The van der Waals surface area contributed by atoms with Crippen LogP contribution < -0.4 is 0 Å². The fourth-order valence-electron chi connectivity index (χ4n) is 4.86. The predicted octanol–water partition coefficient (Wildman–Crippen LogP) is 2.91. The molecular weight excluding hydrogens is 278 g/mol. The predicted molar refractivity (Wildman–Crippen MR) is 81.1 cm³/mol. The second-order valence-electron chi connectivity index (χ2n) is 7.50. The minimum atomic E-state index is 0.221. The van der Waals surface area contributed by atoms with E-state index in [1.807, 2.05) is 11.8 Å². The van der Waals surface area contributed by atoms with E-state index in [2.05, 4.69) is 10.1 Å². The molecule has 1 aromatic rings. The Hall–Kier alpha value is -1.39. The molecule has 0 N–H and O–H groups in total. The molecule has 1 amide bonds. The lowest BCUT2D eigenvalue weighted by molar-refractivity contribution is -0.134. The van der Waals surface area contributed by atoms with Crippen molar-refractivity contribution in [1.29, 1.82) is 0 Å². The normalized spacial score (nSPS) is 34.3. The lowest BCUT2D eigenvalue weighted by atomic mass is 9.86. The molecule has 0 aromatic carbocycles. The molecule has 1 saturated heterocycles. The molecule has 3 aliphatic rings. The summed E-state index contributed by atoms with van der Waals surface area (Å²) < 4.78 is 5.31. The molecular formula is C17H25N3O2. The number of carbonyl (C=O) groups is 1. The largest absolute Gasteiger partial charge is 0.342 e. The molecule has 2 heterocycles. The number of carbonyl (C=O) groups excluding carboxylic acids is 1. The Morgan fingerprint density at radius 2 is 2.23 bits per heavy atom. The maximum absolute atomic E-state index is 12.7. The van der Waals surface area contributed by atoms with Gasteiger partial charge in [0.15, 0.2) is 5.82 Å². The van der Waals surface area contributed by atoms with Gasteiger partial charge in [-0.1, -0.05) is 11.6 Å². The zero-order valence-electron chi connectivity index (χ0n) is 13.3. The molecule has 0 radical (unpaired) electrons. The molecule has 3 fully saturated rings. The van der Waals surface area contributed by atoms with Crippen molar-refractivity contribution in [3.05, 3.63) is 11.7 Å². The van der Waals surface area contributed by atoms with E-state index < -0.39 is 0 Å². The van der Waals surface area contributed by atoms with Gasteiger partial charge in [-0.2, -0.15) is 4.98 Å². The number of fused-ring (bicyclic) bond motifs is 2. The van der Waals surface area contributed by atoms with Crippen molar-refractivity contribution in [3.63, 3.8) is 0 Å². The number of aryl methyl sites for hydroxylation is 1. The van der Waals surface area contributed by atoms with Gasteiger partial charge < -0.3 is 9.42 Å². The summed E-state index contributed by atoms with van der Waals surface area (Å²) in [6, 6.07) is 0. The summed E-state index contributed by atoms with van der Waals surface area (Å²) in [5, 5.41) is 3.88. The molecule has 2 aliphatic carbocycles. The number of likely N-dealkylation sites (tertiary alicyclic amines) is 1. The fourth-order valence-corrected chi connectivity index (χ4v) is 4.86. The number of amides is 1. The third kappa shape index (κ3) is 2.66. The molecule has 120 valence electrons. The van der Waals surface area contributed by atoms with Crippen LogP contribution in [0.5, 0.6) is 0 Å². The van der Waals surface area contributed by atoms with Crippen molar-refractivity contribution in [3.8, 4) is 0 Å². The van der Waals surface area contributed by atoms with Gasteiger partial charge in [-0.05, 0) is 56.8 Å². The Bertz CT molecular complexity index is 556. The molecule has 1 aromatic heterocycles. The van der Waals surface area contributed by atoms with Crippen LogP contribution in [0.3, 0.4) is 0 Å². The maximum atomic E-state index is 12.7. The molecule has 2 saturated carbocycles. The average Bonchev–Trinajstić information content (AvgIpc) is 3.24. The zero-order chi connectivity index (χ0) is 15.1. The topological polar surface area (TPSA) is 59.2 Å². The quantitative estimate of drug-likeness (QED) is 0.861. The molecule has 0 spiro atoms. The Morgan fingerprint density at radius 3 is 2.91 bits per heavy atom. The summed E-state index contributed by atoms with van der Waals surface area (Å²) in [7, 11) is 0. The molecule has 5 heteroatoms. The molecule has 5 nitrogen and oxygen atoms in total. The highest BCUT2D eigenvalue weighted by Crippen LogP contribution is 2.49. The van der Waals surface area contributed by atoms with Crippen molar-refractivity contribution >= 4 is 5.91 Å². The summed E-state index contributed by atoms with van der Waals surface area (Å²) >= 11 is 0. The van der Waals surface area contributed by atoms with Gasteiger partial charge in [0.05, 0.1) is 5.92 Å². The minimum absolute atomic E-state index is 0.221. The molecule has 4 atom stereocenters. The van der Waals surface area contributed by atoms with Crippen LogP contribution in [-0.4, -0.2) is 34.0 Å². The van der Waals surface area contributed by atoms with Gasteiger partial charge >= 0.3 is 0 Å². The van der Waals surface area contributed by atoms with E-state index in [1.54, 1.807) is 0 Å². The minimum Gasteiger partial charge on any atom is -0.342 e. The van der Waals surface area contributed by atoms with Gasteiger partial charge in [-0.15, -0.1) is 0 Å². The Morgan fingerprint density at radius 1 is 1.32 bits per heavy atom. The van der Waals surface area contributed by atoms with E-state index in [-0.39, 0.29) is 5.92 Å². The Labute approximate surface area is 131 Å². The highest BCUT2D eigenvalue weighted by Gasteiger charge is 2.41. The van der Waals surface area contributed by atoms with Gasteiger partial charge in [-0.3, -0.25) is 4.79 Å². The first-order chi connectivity index (χ1) is 10.7. The number of hydrogen-bond donors (Lipinski definition) is 0. The second kappa shape index (κ2) is 5.67. The van der Waals surface area contributed by atoms with Crippen LogP contribution in [0.1, 0.15) is 62.6 Å². The lowest BCUT2D eigenvalue weighted by Crippen LogP contribution is -2.40. The van der Waals surface area contributed by atoms with Crippen LogP contribution in [0.15, 0.2) is 4.52 Å². The van der Waals surface area contributed by atoms with Crippen LogP contribution in [0.2, 0.25) is 0 Å². The summed E-state index contributed by atoms with van der Waals surface area (Å²) in [6.45, 7) is 3.48. The fraction of sp³-hybridized carbons (Fsp3) is 0.824. The van der Waals surface area contributed by atoms with E-state index in [0.29, 0.717) is 23.5 Å². The van der Waals surface area contributed by atoms with Crippen molar-refractivity contribution in [2.75, 3.05) is 13.1 Å². The van der Waals surface area contributed by atoms with Gasteiger partial charge in [0, 0.05) is 19.5 Å². The molecule has 2 bridgehead atoms. The summed E-state index contributed by atoms with van der Waals surface area (Å²) in [5.41, 5.74) is 0. The first-order valence-electron chi connectivity index (χ1n) is 8.77. The van der Waals surface area contributed by atoms with Crippen molar-refractivity contribution in [2.45, 2.75) is 57.8 Å². The number of hydrogen-bond acceptors (Lipinski definition) is 4. The van der Waals surface area contributed by atoms with E-state index in [9.17, 15) is 4.79 Å². The summed E-state index contributed by atoms with van der Waals surface area (Å²) in [4.78, 5) is 19.1. The molecule has 1 aliphatic heterocycles. The Balaban J connectivity index is 1.36. The highest BCUT2D eigenvalue weighted by molar-refractivity contribution is 5.76. The van der Waals surface area contributed by atoms with Gasteiger partial charge in [0.25, 0.3) is 0 Å². The van der Waals surface area contributed by atoms with E-state index >= 15 is 0 Å². The standard InChI is InChI=1S/C17H25N3O2/c1-11-18-17(22-19-11)14-3-2-6-20(10-14)16(21)9-15-8-12-4-5-13(15)7-12/h12-15H,2-10H2,1H3/t12-,13-,14-,15-/m0/s1. The SMILES string of the molecule is Cc1noc([C@H]2CCCN(C(=O)C[C@@H]3C[C@H]4CC[C@H]3C4)C2)n1. The number of nitrogens with zero attached hydrogens (tertiary/aromatic N) is 3. The van der Waals surface area contributed by atoms with Crippen LogP contribution in [0.4, 0.5) is 0 Å². The van der Waals surface area contributed by atoms with E-state index in [4.69, 9.17) is 4.52 Å². The smallest absolute Gasteiger partial charge is 0.231 e. The van der Waals surface area contributed by atoms with Crippen molar-refractivity contribution in [1.82, 2.24) is 15.0 Å². The third-order valence-corrected chi connectivity index (χ3v) is 5.99. The molecule has 4 rings (SSSR count). The lowest BCUT2D eigenvalue weighted by Gasteiger charge is -2.32. The molecule has 22 heavy (non-hydrogen) atoms. The highest BCUT2D eigenvalue weighted by atomic mass is 16.5. The van der Waals surface area contributed by atoms with Crippen LogP contribution in [0.25, 0.3) is 0 Å². The number of aromatic nitrogens is 2. The maximum Gasteiger partial charge on any atom is 0.231 e. The third-order valence-electron chi connectivity index (χ3n) is 5.99. The van der Waals surface area contributed by atoms with E-state index in [1.165, 1.54) is 25.7 Å². The van der Waals surface area contributed by atoms with Gasteiger partial charge in [0.2, 0.25) is 11.8 Å². The average molecular weight is 303 g/mol. The van der Waals surface area contributed by atoms with E-state index in [0.717, 1.165) is 44.2 Å². The van der Waals surface area contributed by atoms with Crippen LogP contribution >= 0.6 is 0 Å². The van der Waals surface area contributed by atoms with Gasteiger partial charge in [0.1, 0.15) is 0 Å². The zero-order valence-corrected chi connectivity index (χ0v) is 13.3. The monoisotopic (exact) mass is 303 g/mol. The summed E-state index contributed by atoms with van der Waals surface area (Å²) in [6.07, 6.45) is 8.26. The molecule has 0 unspecified atom stereocenters.